The lowest BCUT2D eigenvalue weighted by molar-refractivity contribution is 0.0218. The second-order valence-electron chi connectivity index (χ2n) is 6.82. The number of halogens is 1. The van der Waals surface area contributed by atoms with Gasteiger partial charge in [0.2, 0.25) is 0 Å². The van der Waals surface area contributed by atoms with E-state index in [0.717, 1.165) is 32.6 Å². The van der Waals surface area contributed by atoms with E-state index in [1.807, 2.05) is 4.90 Å². The standard InChI is InChI=1S/C20H21FN2O/c1-14-6-7-16(10-19(14)21)20(24)23-12-18(13-23)22-9-8-15-4-2-3-5-17(15)11-22/h2-7,10,18H,8-9,11-13H2,1H3. The van der Waals surface area contributed by atoms with Crippen LogP contribution in [0.5, 0.6) is 0 Å². The Kier molecular flexibility index (Phi) is 3.85. The predicted octanol–water partition coefficient (Wildman–Crippen LogP) is 3.02. The van der Waals surface area contributed by atoms with Gasteiger partial charge in [-0.2, -0.15) is 0 Å². The van der Waals surface area contributed by atoms with Crippen molar-refractivity contribution in [2.75, 3.05) is 19.6 Å². The molecule has 4 rings (SSSR count). The van der Waals surface area contributed by atoms with Crippen molar-refractivity contribution >= 4 is 5.91 Å². The van der Waals surface area contributed by atoms with Crippen LogP contribution in [0.4, 0.5) is 4.39 Å². The molecule has 0 radical (unpaired) electrons. The van der Waals surface area contributed by atoms with Gasteiger partial charge < -0.3 is 4.90 Å². The lowest BCUT2D eigenvalue weighted by atomic mass is 9.96. The Balaban J connectivity index is 1.38. The smallest absolute Gasteiger partial charge is 0.254 e. The van der Waals surface area contributed by atoms with Crippen LogP contribution >= 0.6 is 0 Å². The lowest BCUT2D eigenvalue weighted by Gasteiger charge is -2.47. The first-order chi connectivity index (χ1) is 11.6. The molecule has 0 atom stereocenters. The van der Waals surface area contributed by atoms with E-state index in [1.54, 1.807) is 19.1 Å². The highest BCUT2D eigenvalue weighted by molar-refractivity contribution is 5.94. The molecule has 2 aromatic carbocycles. The molecule has 2 aliphatic rings. The van der Waals surface area contributed by atoms with E-state index >= 15 is 0 Å². The van der Waals surface area contributed by atoms with Crippen molar-refractivity contribution < 1.29 is 9.18 Å². The van der Waals surface area contributed by atoms with Crippen LogP contribution in [0.15, 0.2) is 42.5 Å². The van der Waals surface area contributed by atoms with E-state index in [-0.39, 0.29) is 11.7 Å². The SMILES string of the molecule is Cc1ccc(C(=O)N2CC(N3CCc4ccccc4C3)C2)cc1F. The second kappa shape index (κ2) is 6.02. The van der Waals surface area contributed by atoms with Crippen molar-refractivity contribution in [3.05, 3.63) is 70.5 Å². The zero-order chi connectivity index (χ0) is 16.7. The van der Waals surface area contributed by atoms with Gasteiger partial charge in [0.05, 0.1) is 0 Å². The van der Waals surface area contributed by atoms with Gasteiger partial charge in [0.15, 0.2) is 0 Å². The first kappa shape index (κ1) is 15.3. The molecule has 0 bridgehead atoms. The fourth-order valence-corrected chi connectivity index (χ4v) is 3.59. The molecule has 0 aliphatic carbocycles. The van der Waals surface area contributed by atoms with Crippen LogP contribution in [0.1, 0.15) is 27.0 Å². The average Bonchev–Trinajstić information content (AvgIpc) is 2.56. The minimum Gasteiger partial charge on any atom is -0.335 e. The summed E-state index contributed by atoms with van der Waals surface area (Å²) in [4.78, 5) is 16.7. The highest BCUT2D eigenvalue weighted by Gasteiger charge is 2.36. The highest BCUT2D eigenvalue weighted by atomic mass is 19.1. The molecule has 0 N–H and O–H groups in total. The van der Waals surface area contributed by atoms with E-state index in [4.69, 9.17) is 0 Å². The van der Waals surface area contributed by atoms with Crippen LogP contribution in [-0.4, -0.2) is 41.4 Å². The van der Waals surface area contributed by atoms with Crippen molar-refractivity contribution in [3.63, 3.8) is 0 Å². The Hall–Kier alpha value is -2.20. The molecule has 0 unspecified atom stereocenters. The van der Waals surface area contributed by atoms with Gasteiger partial charge in [-0.05, 0) is 42.2 Å². The fourth-order valence-electron chi connectivity index (χ4n) is 3.59. The van der Waals surface area contributed by atoms with E-state index in [9.17, 15) is 9.18 Å². The molecule has 1 fully saturated rings. The number of fused-ring (bicyclic) bond motifs is 1. The zero-order valence-corrected chi connectivity index (χ0v) is 13.8. The maximum atomic E-state index is 13.7. The van der Waals surface area contributed by atoms with Gasteiger partial charge in [-0.1, -0.05) is 30.3 Å². The minimum absolute atomic E-state index is 0.0671. The molecule has 2 aliphatic heterocycles. The van der Waals surface area contributed by atoms with Crippen molar-refractivity contribution in [3.8, 4) is 0 Å². The Morgan fingerprint density at radius 3 is 2.62 bits per heavy atom. The molecule has 0 saturated carbocycles. The first-order valence-corrected chi connectivity index (χ1v) is 8.48. The molecule has 0 spiro atoms. The largest absolute Gasteiger partial charge is 0.335 e. The summed E-state index contributed by atoms with van der Waals surface area (Å²) in [5.74, 6) is -0.381. The lowest BCUT2D eigenvalue weighted by Crippen LogP contribution is -2.61. The van der Waals surface area contributed by atoms with Crippen molar-refractivity contribution in [1.29, 1.82) is 0 Å². The topological polar surface area (TPSA) is 23.6 Å². The molecular weight excluding hydrogens is 303 g/mol. The summed E-state index contributed by atoms with van der Waals surface area (Å²) in [7, 11) is 0. The fraction of sp³-hybridized carbons (Fsp3) is 0.350. The van der Waals surface area contributed by atoms with Gasteiger partial charge in [0.25, 0.3) is 5.91 Å². The van der Waals surface area contributed by atoms with E-state index in [2.05, 4.69) is 29.2 Å². The third kappa shape index (κ3) is 2.71. The number of aryl methyl sites for hydroxylation is 1. The summed E-state index contributed by atoms with van der Waals surface area (Å²) in [5.41, 5.74) is 3.85. The second-order valence-corrected chi connectivity index (χ2v) is 6.82. The van der Waals surface area contributed by atoms with Crippen molar-refractivity contribution in [1.82, 2.24) is 9.80 Å². The number of likely N-dealkylation sites (tertiary alicyclic amines) is 1. The Morgan fingerprint density at radius 1 is 1.12 bits per heavy atom. The average molecular weight is 324 g/mol. The third-order valence-corrected chi connectivity index (χ3v) is 5.24. The third-order valence-electron chi connectivity index (χ3n) is 5.24. The summed E-state index contributed by atoms with van der Waals surface area (Å²) in [6.45, 7) is 5.18. The van der Waals surface area contributed by atoms with Crippen LogP contribution in [0.25, 0.3) is 0 Å². The summed E-state index contributed by atoms with van der Waals surface area (Å²) in [6.07, 6.45) is 1.07. The number of carbonyl (C=O) groups is 1. The van der Waals surface area contributed by atoms with Crippen LogP contribution in [0.2, 0.25) is 0 Å². The van der Waals surface area contributed by atoms with Gasteiger partial charge in [-0.25, -0.2) is 4.39 Å². The quantitative estimate of drug-likeness (QED) is 0.848. The van der Waals surface area contributed by atoms with Gasteiger partial charge in [0, 0.05) is 37.8 Å². The number of hydrogen-bond acceptors (Lipinski definition) is 2. The minimum atomic E-state index is -0.314. The summed E-state index contributed by atoms with van der Waals surface area (Å²) < 4.78 is 13.7. The number of hydrogen-bond donors (Lipinski definition) is 0. The van der Waals surface area contributed by atoms with Gasteiger partial charge >= 0.3 is 0 Å². The summed E-state index contributed by atoms with van der Waals surface area (Å²) in [5, 5.41) is 0. The van der Waals surface area contributed by atoms with Crippen LogP contribution < -0.4 is 0 Å². The summed E-state index contributed by atoms with van der Waals surface area (Å²) >= 11 is 0. The Bertz CT molecular complexity index is 783. The maximum Gasteiger partial charge on any atom is 0.254 e. The number of amides is 1. The van der Waals surface area contributed by atoms with Crippen molar-refractivity contribution in [2.24, 2.45) is 0 Å². The van der Waals surface area contributed by atoms with E-state index in [1.165, 1.54) is 17.2 Å². The molecular formula is C20H21FN2O. The molecule has 0 aromatic heterocycles. The normalized spacial score (nSPS) is 18.2. The molecule has 2 heterocycles. The van der Waals surface area contributed by atoms with E-state index < -0.39 is 0 Å². The molecule has 124 valence electrons. The number of carbonyl (C=O) groups excluding carboxylic acids is 1. The number of rotatable bonds is 2. The van der Waals surface area contributed by atoms with Gasteiger partial charge in [0.1, 0.15) is 5.82 Å². The summed E-state index contributed by atoms with van der Waals surface area (Å²) in [6, 6.07) is 13.7. The molecule has 1 saturated heterocycles. The Morgan fingerprint density at radius 2 is 1.88 bits per heavy atom. The zero-order valence-electron chi connectivity index (χ0n) is 13.8. The van der Waals surface area contributed by atoms with Crippen LogP contribution in [-0.2, 0) is 13.0 Å². The molecule has 24 heavy (non-hydrogen) atoms. The van der Waals surface area contributed by atoms with Crippen LogP contribution in [0.3, 0.4) is 0 Å². The Labute approximate surface area is 141 Å². The highest BCUT2D eigenvalue weighted by Crippen LogP contribution is 2.25. The van der Waals surface area contributed by atoms with Crippen LogP contribution in [0, 0.1) is 12.7 Å². The van der Waals surface area contributed by atoms with E-state index in [0.29, 0.717) is 17.2 Å². The molecule has 4 heteroatoms. The number of benzene rings is 2. The predicted molar refractivity (Wildman–Crippen MR) is 91.4 cm³/mol. The molecule has 2 aromatic rings. The van der Waals surface area contributed by atoms with Crippen molar-refractivity contribution in [2.45, 2.75) is 25.9 Å². The maximum absolute atomic E-state index is 13.7. The molecule has 1 amide bonds. The van der Waals surface area contributed by atoms with Gasteiger partial charge in [-0.3, -0.25) is 9.69 Å². The van der Waals surface area contributed by atoms with Gasteiger partial charge in [-0.15, -0.1) is 0 Å². The monoisotopic (exact) mass is 324 g/mol. The number of nitrogens with zero attached hydrogens (tertiary/aromatic N) is 2. The molecule has 3 nitrogen and oxygen atoms in total. The first-order valence-electron chi connectivity index (χ1n) is 8.48.